The van der Waals surface area contributed by atoms with E-state index in [0.717, 1.165) is 5.01 Å². The van der Waals surface area contributed by atoms with Gasteiger partial charge in [-0.05, 0) is 22.9 Å². The molecule has 5 nitrogen and oxygen atoms in total. The minimum atomic E-state index is -0.223. The highest BCUT2D eigenvalue weighted by Crippen LogP contribution is 2.25. The number of aromatic nitrogens is 3. The molecular formula is C10H7BrN4OS. The molecule has 0 fully saturated rings. The third-order valence-corrected chi connectivity index (χ3v) is 3.93. The molecule has 0 N–H and O–H groups in total. The van der Waals surface area contributed by atoms with E-state index in [1.54, 1.807) is 7.05 Å². The van der Waals surface area contributed by atoms with Crippen LogP contribution in [0.15, 0.2) is 10.7 Å². The number of thiazole rings is 1. The van der Waals surface area contributed by atoms with Gasteiger partial charge in [-0.2, -0.15) is 10.4 Å². The quantitative estimate of drug-likeness (QED) is 0.796. The number of nitriles is 1. The third-order valence-electron chi connectivity index (χ3n) is 2.13. The van der Waals surface area contributed by atoms with Gasteiger partial charge in [0.25, 0.3) is 0 Å². The van der Waals surface area contributed by atoms with Crippen LogP contribution in [0.4, 0.5) is 0 Å². The highest BCUT2D eigenvalue weighted by atomic mass is 79.9. The van der Waals surface area contributed by atoms with Crippen LogP contribution in [-0.2, 0) is 7.05 Å². The van der Waals surface area contributed by atoms with E-state index >= 15 is 0 Å². The first-order valence-corrected chi connectivity index (χ1v) is 6.25. The average molecular weight is 311 g/mol. The Balaban J connectivity index is 2.44. The summed E-state index contributed by atoms with van der Waals surface area (Å²) in [5, 5.41) is 13.6. The minimum Gasteiger partial charge on any atom is -0.286 e. The number of rotatable bonds is 2. The second-order valence-corrected chi connectivity index (χ2v) is 5.29. The first kappa shape index (κ1) is 12.0. The zero-order valence-corrected chi connectivity index (χ0v) is 11.5. The fraction of sp³-hybridized carbons (Fsp3) is 0.200. The van der Waals surface area contributed by atoms with Crippen LogP contribution in [0, 0.1) is 18.3 Å². The molecule has 0 radical (unpaired) electrons. The summed E-state index contributed by atoms with van der Waals surface area (Å²) in [6.07, 6.45) is 0. The van der Waals surface area contributed by atoms with E-state index in [2.05, 4.69) is 26.0 Å². The molecule has 86 valence electrons. The second-order valence-electron chi connectivity index (χ2n) is 3.33. The lowest BCUT2D eigenvalue weighted by molar-refractivity contribution is 0.103. The highest BCUT2D eigenvalue weighted by Gasteiger charge is 2.20. The van der Waals surface area contributed by atoms with Gasteiger partial charge in [0, 0.05) is 13.1 Å². The smallest absolute Gasteiger partial charge is 0.226 e. The molecule has 0 aliphatic rings. The second kappa shape index (κ2) is 4.39. The summed E-state index contributed by atoms with van der Waals surface area (Å²) in [5.74, 6) is -0.223. The fourth-order valence-corrected chi connectivity index (χ4v) is 2.91. The van der Waals surface area contributed by atoms with Gasteiger partial charge in [0.2, 0.25) is 5.78 Å². The van der Waals surface area contributed by atoms with Crippen molar-refractivity contribution in [1.29, 1.82) is 5.26 Å². The number of carbonyl (C=O) groups is 1. The molecule has 0 unspecified atom stereocenters. The topological polar surface area (TPSA) is 71.6 Å². The largest absolute Gasteiger partial charge is 0.286 e. The Morgan fingerprint density at radius 1 is 1.65 bits per heavy atom. The maximum Gasteiger partial charge on any atom is 0.226 e. The Hall–Kier alpha value is -1.52. The summed E-state index contributed by atoms with van der Waals surface area (Å²) >= 11 is 4.54. The number of halogens is 1. The average Bonchev–Trinajstić information content (AvgIpc) is 2.80. The Bertz CT molecular complexity index is 637. The summed E-state index contributed by atoms with van der Waals surface area (Å²) in [7, 11) is 1.63. The van der Waals surface area contributed by atoms with Gasteiger partial charge >= 0.3 is 0 Å². The molecule has 2 rings (SSSR count). The van der Waals surface area contributed by atoms with Gasteiger partial charge in [-0.3, -0.25) is 9.48 Å². The summed E-state index contributed by atoms with van der Waals surface area (Å²) in [6.45, 7) is 1.82. The molecule has 2 aromatic rings. The molecular weight excluding hydrogens is 304 g/mol. The van der Waals surface area contributed by atoms with Crippen LogP contribution in [0.1, 0.15) is 26.1 Å². The van der Waals surface area contributed by atoms with Crippen LogP contribution in [-0.4, -0.2) is 20.5 Å². The van der Waals surface area contributed by atoms with E-state index in [1.807, 2.05) is 13.0 Å². The molecule has 0 bridgehead atoms. The van der Waals surface area contributed by atoms with Crippen LogP contribution in [0.25, 0.3) is 0 Å². The van der Waals surface area contributed by atoms with Crippen molar-refractivity contribution in [1.82, 2.24) is 14.8 Å². The van der Waals surface area contributed by atoms with E-state index in [0.29, 0.717) is 15.2 Å². The first-order valence-electron chi connectivity index (χ1n) is 4.64. The molecule has 0 atom stereocenters. The van der Waals surface area contributed by atoms with Gasteiger partial charge in [0.05, 0.1) is 5.01 Å². The number of nitrogens with zero attached hydrogens (tertiary/aromatic N) is 4. The van der Waals surface area contributed by atoms with Crippen LogP contribution < -0.4 is 0 Å². The van der Waals surface area contributed by atoms with Gasteiger partial charge in [0.1, 0.15) is 26.9 Å². The summed E-state index contributed by atoms with van der Waals surface area (Å²) in [6, 6.07) is 3.44. The van der Waals surface area contributed by atoms with Gasteiger partial charge in [-0.25, -0.2) is 4.98 Å². The molecule has 7 heteroatoms. The van der Waals surface area contributed by atoms with Gasteiger partial charge in [-0.1, -0.05) is 0 Å². The minimum absolute atomic E-state index is 0.223. The summed E-state index contributed by atoms with van der Waals surface area (Å²) in [5.41, 5.74) is 0.610. The van der Waals surface area contributed by atoms with Crippen LogP contribution in [0.5, 0.6) is 0 Å². The van der Waals surface area contributed by atoms with Crippen molar-refractivity contribution in [3.05, 3.63) is 31.9 Å². The maximum atomic E-state index is 12.1. The van der Waals surface area contributed by atoms with Crippen molar-refractivity contribution in [2.75, 3.05) is 0 Å². The molecule has 2 aromatic heterocycles. The summed E-state index contributed by atoms with van der Waals surface area (Å²) in [4.78, 5) is 16.7. The lowest BCUT2D eigenvalue weighted by Crippen LogP contribution is -2.02. The Labute approximate surface area is 110 Å². The maximum absolute atomic E-state index is 12.1. The van der Waals surface area contributed by atoms with Crippen molar-refractivity contribution in [3.63, 3.8) is 0 Å². The molecule has 0 saturated carbocycles. The van der Waals surface area contributed by atoms with E-state index in [4.69, 9.17) is 5.26 Å². The lowest BCUT2D eigenvalue weighted by Gasteiger charge is -1.92. The number of hydrogen-bond acceptors (Lipinski definition) is 5. The van der Waals surface area contributed by atoms with Crippen LogP contribution in [0.2, 0.25) is 0 Å². The standard InChI is InChI=1S/C10H7BrN4OS/c1-5-13-10(11)9(17-5)8(16)7-3-6(4-12)15(2)14-7/h3H,1-2H3. The van der Waals surface area contributed by atoms with E-state index in [-0.39, 0.29) is 11.5 Å². The first-order chi connectivity index (χ1) is 8.02. The van der Waals surface area contributed by atoms with Gasteiger partial charge in [0.15, 0.2) is 0 Å². The van der Waals surface area contributed by atoms with Gasteiger partial charge < -0.3 is 0 Å². The normalized spacial score (nSPS) is 10.2. The van der Waals surface area contributed by atoms with Crippen molar-refractivity contribution < 1.29 is 4.79 Å². The molecule has 2 heterocycles. The van der Waals surface area contributed by atoms with Crippen LogP contribution in [0.3, 0.4) is 0 Å². The number of ketones is 1. The lowest BCUT2D eigenvalue weighted by atomic mass is 10.2. The predicted octanol–water partition coefficient (Wildman–Crippen LogP) is 2.05. The monoisotopic (exact) mass is 310 g/mol. The zero-order chi connectivity index (χ0) is 12.6. The molecule has 0 spiro atoms. The van der Waals surface area contributed by atoms with Crippen molar-refractivity contribution in [2.24, 2.45) is 7.05 Å². The van der Waals surface area contributed by atoms with Gasteiger partial charge in [-0.15, -0.1) is 11.3 Å². The molecule has 0 aliphatic heterocycles. The molecule has 0 saturated heterocycles. The zero-order valence-electron chi connectivity index (χ0n) is 9.06. The summed E-state index contributed by atoms with van der Waals surface area (Å²) < 4.78 is 1.91. The highest BCUT2D eigenvalue weighted by molar-refractivity contribution is 9.10. The van der Waals surface area contributed by atoms with Crippen molar-refractivity contribution in [3.8, 4) is 6.07 Å². The molecule has 0 aromatic carbocycles. The third kappa shape index (κ3) is 2.14. The predicted molar refractivity (Wildman–Crippen MR) is 65.9 cm³/mol. The molecule has 0 amide bonds. The molecule has 17 heavy (non-hydrogen) atoms. The van der Waals surface area contributed by atoms with Crippen molar-refractivity contribution in [2.45, 2.75) is 6.92 Å². The van der Waals surface area contributed by atoms with E-state index in [1.165, 1.54) is 22.1 Å². The van der Waals surface area contributed by atoms with Crippen LogP contribution >= 0.6 is 27.3 Å². The van der Waals surface area contributed by atoms with E-state index in [9.17, 15) is 4.79 Å². The Morgan fingerprint density at radius 3 is 2.82 bits per heavy atom. The van der Waals surface area contributed by atoms with E-state index < -0.39 is 0 Å². The molecule has 0 aliphatic carbocycles. The number of hydrogen-bond donors (Lipinski definition) is 0. The number of carbonyl (C=O) groups excluding carboxylic acids is 1. The SMILES string of the molecule is Cc1nc(Br)c(C(=O)c2cc(C#N)n(C)n2)s1. The number of aryl methyl sites for hydroxylation is 2. The fourth-order valence-electron chi connectivity index (χ4n) is 1.34. The Kier molecular flexibility index (Phi) is 3.09. The Morgan fingerprint density at radius 2 is 2.35 bits per heavy atom. The van der Waals surface area contributed by atoms with Crippen molar-refractivity contribution >= 4 is 33.0 Å².